The molecule has 0 saturated carbocycles. The van der Waals surface area contributed by atoms with E-state index in [0.717, 1.165) is 33.5 Å². The van der Waals surface area contributed by atoms with Gasteiger partial charge in [-0.15, -0.1) is 0 Å². The molecule has 0 aliphatic rings. The van der Waals surface area contributed by atoms with Crippen molar-refractivity contribution in [3.05, 3.63) is 56.8 Å². The zero-order valence-electron chi connectivity index (χ0n) is 18.0. The van der Waals surface area contributed by atoms with Crippen LogP contribution in [0.3, 0.4) is 0 Å². The third-order valence-corrected chi connectivity index (χ3v) is 5.19. The molecule has 0 aliphatic carbocycles. The van der Waals surface area contributed by atoms with Crippen molar-refractivity contribution in [2.75, 3.05) is 11.9 Å². The summed E-state index contributed by atoms with van der Waals surface area (Å²) in [5.41, 5.74) is 4.45. The normalized spacial score (nSPS) is 11.3. The average molecular weight is 471 g/mol. The molecular formula is C23H27BrN4O2. The predicted molar refractivity (Wildman–Crippen MR) is 123 cm³/mol. The van der Waals surface area contributed by atoms with Crippen molar-refractivity contribution in [3.8, 4) is 6.07 Å². The molecule has 6 nitrogen and oxygen atoms in total. The summed E-state index contributed by atoms with van der Waals surface area (Å²) in [6.07, 6.45) is 1.57. The highest BCUT2D eigenvalue weighted by Gasteiger charge is 2.14. The summed E-state index contributed by atoms with van der Waals surface area (Å²) in [6, 6.07) is 9.40. The summed E-state index contributed by atoms with van der Waals surface area (Å²) in [5.74, 6) is -0.451. The van der Waals surface area contributed by atoms with Crippen molar-refractivity contribution in [1.82, 2.24) is 9.88 Å². The van der Waals surface area contributed by atoms with Crippen LogP contribution in [-0.4, -0.2) is 22.9 Å². The number of aromatic nitrogens is 1. The molecule has 0 unspecified atom stereocenters. The molecule has 0 bridgehead atoms. The third-order valence-electron chi connectivity index (χ3n) is 4.70. The number of nitriles is 1. The van der Waals surface area contributed by atoms with E-state index in [9.17, 15) is 14.9 Å². The van der Waals surface area contributed by atoms with E-state index in [1.165, 1.54) is 0 Å². The van der Waals surface area contributed by atoms with Crippen LogP contribution in [0.15, 0.2) is 34.3 Å². The first-order valence-electron chi connectivity index (χ1n) is 9.75. The van der Waals surface area contributed by atoms with Gasteiger partial charge in [0.05, 0.1) is 6.54 Å². The van der Waals surface area contributed by atoms with Gasteiger partial charge in [0.25, 0.3) is 5.91 Å². The summed E-state index contributed by atoms with van der Waals surface area (Å²) in [6.45, 7) is 10.8. The van der Waals surface area contributed by atoms with Gasteiger partial charge in [-0.1, -0.05) is 29.8 Å². The maximum absolute atomic E-state index is 12.4. The third kappa shape index (κ3) is 6.07. The molecule has 2 N–H and O–H groups in total. The summed E-state index contributed by atoms with van der Waals surface area (Å²) in [4.78, 5) is 24.6. The highest BCUT2D eigenvalue weighted by atomic mass is 79.9. The van der Waals surface area contributed by atoms with Crippen molar-refractivity contribution in [3.63, 3.8) is 0 Å². The van der Waals surface area contributed by atoms with Crippen LogP contribution in [0.5, 0.6) is 0 Å². The molecule has 1 heterocycles. The lowest BCUT2D eigenvalue weighted by Crippen LogP contribution is -2.33. The van der Waals surface area contributed by atoms with E-state index in [-0.39, 0.29) is 18.0 Å². The lowest BCUT2D eigenvalue weighted by molar-refractivity contribution is -0.121. The Labute approximate surface area is 186 Å². The van der Waals surface area contributed by atoms with Crippen molar-refractivity contribution in [1.29, 1.82) is 5.26 Å². The number of halogens is 1. The Bertz CT molecular complexity index is 1030. The highest BCUT2D eigenvalue weighted by Crippen LogP contribution is 2.21. The Morgan fingerprint density at radius 2 is 1.93 bits per heavy atom. The molecule has 1 aromatic carbocycles. The van der Waals surface area contributed by atoms with Crippen LogP contribution in [0.25, 0.3) is 6.08 Å². The number of nitrogens with zero attached hydrogens (tertiary/aromatic N) is 2. The SMILES string of the molecule is Cc1cc(Br)ccc1NC(=O)CNC(=O)/C(C#N)=C/c1cc(C)n(CC(C)C)c1C. The minimum atomic E-state index is -0.575. The number of nitrogens with one attached hydrogen (secondary N) is 2. The van der Waals surface area contributed by atoms with Crippen LogP contribution in [0, 0.1) is 38.0 Å². The molecule has 0 atom stereocenters. The van der Waals surface area contributed by atoms with Crippen LogP contribution in [-0.2, 0) is 16.1 Å². The molecule has 0 spiro atoms. The van der Waals surface area contributed by atoms with E-state index in [4.69, 9.17) is 0 Å². The van der Waals surface area contributed by atoms with Crippen molar-refractivity contribution < 1.29 is 9.59 Å². The van der Waals surface area contributed by atoms with Crippen LogP contribution in [0.4, 0.5) is 5.69 Å². The molecule has 2 amide bonds. The summed E-state index contributed by atoms with van der Waals surface area (Å²) < 4.78 is 3.10. The Kier molecular flexibility index (Phi) is 8.01. The van der Waals surface area contributed by atoms with Gasteiger partial charge < -0.3 is 15.2 Å². The number of hydrogen-bond acceptors (Lipinski definition) is 3. The number of rotatable bonds is 7. The van der Waals surface area contributed by atoms with Crippen LogP contribution in [0.2, 0.25) is 0 Å². The summed E-state index contributed by atoms with van der Waals surface area (Å²) in [5, 5.41) is 14.7. The van der Waals surface area contributed by atoms with Crippen LogP contribution >= 0.6 is 15.9 Å². The second kappa shape index (κ2) is 10.3. The van der Waals surface area contributed by atoms with E-state index in [1.807, 2.05) is 45.0 Å². The molecule has 2 rings (SSSR count). The predicted octanol–water partition coefficient (Wildman–Crippen LogP) is 4.49. The summed E-state index contributed by atoms with van der Waals surface area (Å²) >= 11 is 3.38. The molecule has 0 radical (unpaired) electrons. The van der Waals surface area contributed by atoms with Gasteiger partial charge in [-0.2, -0.15) is 5.26 Å². The van der Waals surface area contributed by atoms with Gasteiger partial charge in [0, 0.05) is 28.1 Å². The van der Waals surface area contributed by atoms with Crippen molar-refractivity contribution >= 4 is 39.5 Å². The highest BCUT2D eigenvalue weighted by molar-refractivity contribution is 9.10. The Morgan fingerprint density at radius 1 is 1.23 bits per heavy atom. The maximum Gasteiger partial charge on any atom is 0.262 e. The lowest BCUT2D eigenvalue weighted by Gasteiger charge is -2.12. The fourth-order valence-electron chi connectivity index (χ4n) is 3.14. The van der Waals surface area contributed by atoms with Crippen LogP contribution in [0.1, 0.15) is 36.4 Å². The molecule has 0 fully saturated rings. The van der Waals surface area contributed by atoms with Crippen LogP contribution < -0.4 is 10.6 Å². The molecule has 158 valence electrons. The number of hydrogen-bond donors (Lipinski definition) is 2. The molecule has 0 aliphatic heterocycles. The molecule has 1 aromatic heterocycles. The first kappa shape index (κ1) is 23.4. The number of amides is 2. The molecule has 30 heavy (non-hydrogen) atoms. The monoisotopic (exact) mass is 470 g/mol. The zero-order chi connectivity index (χ0) is 22.4. The van der Waals surface area contributed by atoms with Gasteiger partial charge >= 0.3 is 0 Å². The number of carbonyl (C=O) groups is 2. The first-order chi connectivity index (χ1) is 14.1. The van der Waals surface area contributed by atoms with E-state index in [1.54, 1.807) is 12.1 Å². The fourth-order valence-corrected chi connectivity index (χ4v) is 3.62. The van der Waals surface area contributed by atoms with Crippen molar-refractivity contribution in [2.24, 2.45) is 5.92 Å². The minimum absolute atomic E-state index is 0.0348. The molecule has 2 aromatic rings. The Hall–Kier alpha value is -2.85. The summed E-state index contributed by atoms with van der Waals surface area (Å²) in [7, 11) is 0. The van der Waals surface area contributed by atoms with Gasteiger partial charge in [0.1, 0.15) is 11.6 Å². The van der Waals surface area contributed by atoms with Gasteiger partial charge in [-0.05, 0) is 68.2 Å². The zero-order valence-corrected chi connectivity index (χ0v) is 19.6. The van der Waals surface area contributed by atoms with Gasteiger partial charge in [0.15, 0.2) is 0 Å². The Morgan fingerprint density at radius 3 is 2.53 bits per heavy atom. The number of benzene rings is 1. The van der Waals surface area contributed by atoms with Gasteiger partial charge in [0.2, 0.25) is 5.91 Å². The molecule has 0 saturated heterocycles. The first-order valence-corrected chi connectivity index (χ1v) is 10.5. The molecular weight excluding hydrogens is 444 g/mol. The smallest absolute Gasteiger partial charge is 0.262 e. The van der Waals surface area contributed by atoms with Gasteiger partial charge in [-0.3, -0.25) is 9.59 Å². The number of anilines is 1. The second-order valence-corrected chi connectivity index (χ2v) is 8.61. The second-order valence-electron chi connectivity index (χ2n) is 7.69. The topological polar surface area (TPSA) is 86.9 Å². The Balaban J connectivity index is 2.06. The van der Waals surface area contributed by atoms with E-state index in [2.05, 4.69) is 45.0 Å². The molecule has 7 heteroatoms. The standard InChI is InChI=1S/C23H27BrN4O2/c1-14(2)13-28-16(4)9-18(17(28)5)10-19(11-25)23(30)26-12-22(29)27-21-7-6-20(24)8-15(21)3/h6-10,14H,12-13H2,1-5H3,(H,26,30)(H,27,29)/b19-10+. The van der Waals surface area contributed by atoms with E-state index >= 15 is 0 Å². The lowest BCUT2D eigenvalue weighted by atomic mass is 10.1. The quantitative estimate of drug-likeness (QED) is 0.461. The van der Waals surface area contributed by atoms with Crippen molar-refractivity contribution in [2.45, 2.75) is 41.2 Å². The minimum Gasteiger partial charge on any atom is -0.348 e. The van der Waals surface area contributed by atoms with Gasteiger partial charge in [-0.25, -0.2) is 0 Å². The van der Waals surface area contributed by atoms with E-state index in [0.29, 0.717) is 11.6 Å². The average Bonchev–Trinajstić information content (AvgIpc) is 2.93. The van der Waals surface area contributed by atoms with E-state index < -0.39 is 5.91 Å². The fraction of sp³-hybridized carbons (Fsp3) is 0.348. The maximum atomic E-state index is 12.4. The number of aryl methyl sites for hydroxylation is 2. The number of carbonyl (C=O) groups excluding carboxylic acids is 2. The largest absolute Gasteiger partial charge is 0.348 e.